The average molecular weight is 417 g/mol. The van der Waals surface area contributed by atoms with Crippen LogP contribution >= 0.6 is 0 Å². The van der Waals surface area contributed by atoms with Crippen molar-refractivity contribution in [3.8, 4) is 0 Å². The minimum Gasteiger partial charge on any atom is -0.394 e. The zero-order valence-corrected chi connectivity index (χ0v) is 16.1. The lowest BCUT2D eigenvalue weighted by molar-refractivity contribution is -0.384. The number of rotatable bonds is 10. The predicted octanol–water partition coefficient (Wildman–Crippen LogP) is 0.560. The molecule has 0 spiro atoms. The van der Waals surface area contributed by atoms with Gasteiger partial charge in [0.25, 0.3) is 5.69 Å². The molecule has 5 N–H and O–H groups in total. The minimum absolute atomic E-state index is 0.0997. The molecule has 0 unspecified atom stereocenters. The number of hydrazone groups is 2. The Kier molecular flexibility index (Phi) is 8.38. The maximum Gasteiger partial charge on any atom is 0.269 e. The normalized spacial score (nSPS) is 14.9. The number of nitrogens with one attached hydrogen (secondary N) is 1. The molecule has 0 fully saturated rings. The van der Waals surface area contributed by atoms with Crippen LogP contribution in [0.4, 0.5) is 17.1 Å². The molecule has 0 bridgehead atoms. The molecule has 11 heteroatoms. The number of nitrogens with zero attached hydrogens (tertiary/aromatic N) is 4. The van der Waals surface area contributed by atoms with Crippen LogP contribution in [0.5, 0.6) is 0 Å². The fraction of sp³-hybridized carbons (Fsp3) is 0.263. The number of aliphatic hydroxyl groups is 4. The van der Waals surface area contributed by atoms with Gasteiger partial charge >= 0.3 is 0 Å². The standard InChI is InChI=1S/C19H23N5O6/c1-23(14-5-3-2-4-6-14)20-11-16(18(27)19(28)17(26)12-25)22-21-13-7-9-15(10-8-13)24(29)30/h2-11,17-19,21,25-28H,12H2,1H3/b20-11-,22-16-/t17-,18-,19-/m1/s1. The number of hydrogen-bond donors (Lipinski definition) is 5. The summed E-state index contributed by atoms with van der Waals surface area (Å²) < 4.78 is 0. The van der Waals surface area contributed by atoms with E-state index in [4.69, 9.17) is 5.11 Å². The highest BCUT2D eigenvalue weighted by Gasteiger charge is 2.28. The van der Waals surface area contributed by atoms with Crippen molar-refractivity contribution >= 4 is 29.0 Å². The summed E-state index contributed by atoms with van der Waals surface area (Å²) in [5.74, 6) is 0. The quantitative estimate of drug-likeness (QED) is 0.213. The number of nitro groups is 1. The number of para-hydroxylation sites is 1. The van der Waals surface area contributed by atoms with Gasteiger partial charge in [-0.25, -0.2) is 0 Å². The summed E-state index contributed by atoms with van der Waals surface area (Å²) in [6.07, 6.45) is -3.81. The molecule has 0 heterocycles. The molecule has 0 aliphatic rings. The van der Waals surface area contributed by atoms with Crippen LogP contribution in [0.15, 0.2) is 64.8 Å². The van der Waals surface area contributed by atoms with Crippen LogP contribution in [-0.2, 0) is 0 Å². The molecule has 160 valence electrons. The van der Waals surface area contributed by atoms with Crippen molar-refractivity contribution in [2.45, 2.75) is 18.3 Å². The second kappa shape index (κ2) is 11.0. The molecule has 0 radical (unpaired) electrons. The molecule has 30 heavy (non-hydrogen) atoms. The highest BCUT2D eigenvalue weighted by atomic mass is 16.6. The first-order chi connectivity index (χ1) is 14.3. The second-order valence-corrected chi connectivity index (χ2v) is 6.24. The smallest absolute Gasteiger partial charge is 0.269 e. The van der Waals surface area contributed by atoms with Crippen LogP contribution in [0.25, 0.3) is 0 Å². The van der Waals surface area contributed by atoms with E-state index in [1.165, 1.54) is 35.5 Å². The van der Waals surface area contributed by atoms with E-state index < -0.39 is 29.8 Å². The van der Waals surface area contributed by atoms with Crippen LogP contribution in [0, 0.1) is 10.1 Å². The minimum atomic E-state index is -1.72. The third-order valence-electron chi connectivity index (χ3n) is 4.09. The van der Waals surface area contributed by atoms with Gasteiger partial charge in [0.2, 0.25) is 0 Å². The first-order valence-corrected chi connectivity index (χ1v) is 8.89. The van der Waals surface area contributed by atoms with Crippen LogP contribution in [-0.4, -0.2) is 69.2 Å². The number of anilines is 2. The van der Waals surface area contributed by atoms with Gasteiger partial charge in [0.05, 0.1) is 29.1 Å². The Morgan fingerprint density at radius 2 is 1.80 bits per heavy atom. The Balaban J connectivity index is 2.24. The van der Waals surface area contributed by atoms with Crippen LogP contribution in [0.2, 0.25) is 0 Å². The molecule has 2 aromatic carbocycles. The van der Waals surface area contributed by atoms with Gasteiger partial charge in [-0.3, -0.25) is 20.5 Å². The molecule has 0 aliphatic carbocycles. The molecule has 3 atom stereocenters. The van der Waals surface area contributed by atoms with E-state index in [1.54, 1.807) is 7.05 Å². The summed E-state index contributed by atoms with van der Waals surface area (Å²) in [5, 5.41) is 59.4. The Morgan fingerprint density at radius 1 is 1.17 bits per heavy atom. The van der Waals surface area contributed by atoms with Gasteiger partial charge < -0.3 is 20.4 Å². The fourth-order valence-corrected chi connectivity index (χ4v) is 2.31. The molecule has 11 nitrogen and oxygen atoms in total. The lowest BCUT2D eigenvalue weighted by Gasteiger charge is -2.21. The summed E-state index contributed by atoms with van der Waals surface area (Å²) in [4.78, 5) is 10.2. The van der Waals surface area contributed by atoms with E-state index in [0.717, 1.165) is 5.69 Å². The van der Waals surface area contributed by atoms with Crippen molar-refractivity contribution in [2.75, 3.05) is 24.1 Å². The Hall–Kier alpha value is -3.38. The first kappa shape index (κ1) is 22.9. The summed E-state index contributed by atoms with van der Waals surface area (Å²) in [7, 11) is 1.67. The Bertz CT molecular complexity index is 875. The van der Waals surface area contributed by atoms with Gasteiger partial charge in [-0.05, 0) is 24.3 Å². The van der Waals surface area contributed by atoms with Crippen molar-refractivity contribution in [1.29, 1.82) is 0 Å². The predicted molar refractivity (Wildman–Crippen MR) is 113 cm³/mol. The van der Waals surface area contributed by atoms with Crippen molar-refractivity contribution in [3.63, 3.8) is 0 Å². The summed E-state index contributed by atoms with van der Waals surface area (Å²) in [6, 6.07) is 14.5. The SMILES string of the molecule is CN(/N=C\C(=N\Nc1ccc([N+](=O)[O-])cc1)[C@@H](O)[C@H](O)[C@H](O)CO)c1ccccc1. The van der Waals surface area contributed by atoms with Gasteiger partial charge in [0.15, 0.2) is 0 Å². The number of aliphatic hydroxyl groups excluding tert-OH is 4. The summed E-state index contributed by atoms with van der Waals surface area (Å²) in [5.41, 5.74) is 3.50. The third-order valence-corrected chi connectivity index (χ3v) is 4.09. The summed E-state index contributed by atoms with van der Waals surface area (Å²) in [6.45, 7) is -0.762. The van der Waals surface area contributed by atoms with E-state index in [-0.39, 0.29) is 11.4 Å². The molecule has 0 saturated carbocycles. The van der Waals surface area contributed by atoms with E-state index in [9.17, 15) is 25.4 Å². The first-order valence-electron chi connectivity index (χ1n) is 8.89. The molecular formula is C19H23N5O6. The molecule has 0 amide bonds. The van der Waals surface area contributed by atoms with Gasteiger partial charge in [0.1, 0.15) is 24.0 Å². The van der Waals surface area contributed by atoms with Crippen LogP contribution in [0.3, 0.4) is 0 Å². The lowest BCUT2D eigenvalue weighted by Crippen LogP contribution is -2.44. The van der Waals surface area contributed by atoms with Crippen molar-refractivity contribution < 1.29 is 25.3 Å². The largest absolute Gasteiger partial charge is 0.394 e. The van der Waals surface area contributed by atoms with Crippen molar-refractivity contribution in [1.82, 2.24) is 0 Å². The number of non-ortho nitro benzene ring substituents is 1. The monoisotopic (exact) mass is 417 g/mol. The van der Waals surface area contributed by atoms with Crippen LogP contribution in [0.1, 0.15) is 0 Å². The molecule has 0 aliphatic heterocycles. The van der Waals surface area contributed by atoms with E-state index in [2.05, 4.69) is 15.6 Å². The maximum absolute atomic E-state index is 10.7. The topological polar surface area (TPSA) is 164 Å². The zero-order valence-electron chi connectivity index (χ0n) is 16.1. The fourth-order valence-electron chi connectivity index (χ4n) is 2.31. The zero-order chi connectivity index (χ0) is 22.1. The maximum atomic E-state index is 10.7. The molecule has 0 saturated heterocycles. The number of hydrogen-bond acceptors (Lipinski definition) is 10. The van der Waals surface area contributed by atoms with Crippen molar-refractivity contribution in [3.05, 3.63) is 64.7 Å². The second-order valence-electron chi connectivity index (χ2n) is 6.24. The molecule has 2 rings (SSSR count). The average Bonchev–Trinajstić information content (AvgIpc) is 2.78. The molecular weight excluding hydrogens is 394 g/mol. The number of benzene rings is 2. The molecule has 0 aromatic heterocycles. The van der Waals surface area contributed by atoms with E-state index in [1.807, 2.05) is 30.3 Å². The number of nitro benzene ring substituents is 1. The van der Waals surface area contributed by atoms with E-state index >= 15 is 0 Å². The van der Waals surface area contributed by atoms with Gasteiger partial charge in [-0.1, -0.05) is 18.2 Å². The third kappa shape index (κ3) is 6.32. The Labute approximate surface area is 172 Å². The van der Waals surface area contributed by atoms with E-state index in [0.29, 0.717) is 5.69 Å². The van der Waals surface area contributed by atoms with Crippen LogP contribution < -0.4 is 10.4 Å². The highest BCUT2D eigenvalue weighted by Crippen LogP contribution is 2.16. The van der Waals surface area contributed by atoms with Gasteiger partial charge in [-0.15, -0.1) is 0 Å². The summed E-state index contributed by atoms with van der Waals surface area (Å²) >= 11 is 0. The Morgan fingerprint density at radius 3 is 2.37 bits per heavy atom. The molecule has 2 aromatic rings. The highest BCUT2D eigenvalue weighted by molar-refractivity contribution is 6.33. The lowest BCUT2D eigenvalue weighted by atomic mass is 10.0. The van der Waals surface area contributed by atoms with Gasteiger partial charge in [-0.2, -0.15) is 10.2 Å². The van der Waals surface area contributed by atoms with Gasteiger partial charge in [0, 0.05) is 19.2 Å². The van der Waals surface area contributed by atoms with Crippen molar-refractivity contribution in [2.24, 2.45) is 10.2 Å².